The Morgan fingerprint density at radius 2 is 0.343 bits per heavy atom. The van der Waals surface area contributed by atoms with Crippen molar-refractivity contribution in [1.29, 1.82) is 0 Å². The van der Waals surface area contributed by atoms with Crippen LogP contribution in [0.3, 0.4) is 0 Å². The van der Waals surface area contributed by atoms with Crippen molar-refractivity contribution in [3.05, 3.63) is 532 Å². The molecular formula is C128H80F8N4. The maximum atomic E-state index is 17.5. The van der Waals surface area contributed by atoms with E-state index in [4.69, 9.17) is 13.7 Å². The molecule has 0 bridgehead atoms. The first kappa shape index (κ1) is 75.3. The summed E-state index contributed by atoms with van der Waals surface area (Å²) in [4.78, 5) is 6.61. The van der Waals surface area contributed by atoms with Gasteiger partial charge < -0.3 is 19.6 Å². The van der Waals surface area contributed by atoms with Crippen LogP contribution in [0.25, 0.3) is 154 Å². The van der Waals surface area contributed by atoms with Crippen molar-refractivity contribution in [2.75, 3.05) is 19.6 Å². The Labute approximate surface area is 817 Å². The van der Waals surface area contributed by atoms with Crippen LogP contribution < -0.4 is 19.6 Å². The van der Waals surface area contributed by atoms with Crippen molar-refractivity contribution in [2.24, 2.45) is 0 Å². The van der Waals surface area contributed by atoms with E-state index in [1.54, 1.807) is 82.6 Å². The van der Waals surface area contributed by atoms with Gasteiger partial charge in [0.05, 0.1) is 59.2 Å². The van der Waals surface area contributed by atoms with Crippen LogP contribution in [0.15, 0.2) is 485 Å². The van der Waals surface area contributed by atoms with E-state index < -0.39 is 129 Å². The fourth-order valence-electron chi connectivity index (χ4n) is 19.4. The zero-order valence-corrected chi connectivity index (χ0v) is 74.2. The summed E-state index contributed by atoms with van der Waals surface area (Å²) in [5.74, 6) is -6.36. The van der Waals surface area contributed by atoms with Gasteiger partial charge in [0.25, 0.3) is 0 Å². The van der Waals surface area contributed by atoms with Gasteiger partial charge in [-0.2, -0.15) is 0 Å². The van der Waals surface area contributed by atoms with Gasteiger partial charge in [0.15, 0.2) is 0 Å². The van der Waals surface area contributed by atoms with Crippen LogP contribution in [0.2, 0.25) is 0 Å². The SMILES string of the molecule is Fc1cc(N(c2ccccc2)c2ccc3ccc4c(N(c5ccccc5)c5cc(F)c(-c6cc(-c7ccccc7)cc(-c7ccccc7)c6)cc5F)ccc5ccc2c3c54)c(F)cc1-c1cc(-c2ccccc2)cc(-c2ccccc2)c1.[2H]c1c([2H])c([2H])c(-c2cc(F)c(N(c3ccccc3)c3ccc4ccc5c(N(c6ccccc6)c6cc(F)c(-c7c([2H])c([2H])c([2H])c([2H])c7[2H])cc6F)ccc6ccc3c4c65)cc2F)c([2H])c1[2H]. The summed E-state index contributed by atoms with van der Waals surface area (Å²) in [7, 11) is 0. The lowest BCUT2D eigenvalue weighted by Gasteiger charge is -2.30. The number of anilines is 12. The van der Waals surface area contributed by atoms with Crippen LogP contribution in [-0.4, -0.2) is 0 Å². The highest BCUT2D eigenvalue weighted by molar-refractivity contribution is 6.30. The molecule has 0 aliphatic rings. The summed E-state index contributed by atoms with van der Waals surface area (Å²) < 4.78 is 219. The fraction of sp³-hybridized carbons (Fsp3) is 0. The highest BCUT2D eigenvalue weighted by atomic mass is 19.2. The molecule has 0 aliphatic heterocycles. The minimum atomic E-state index is -1.03. The third-order valence-electron chi connectivity index (χ3n) is 25.8. The first-order valence-corrected chi connectivity index (χ1v) is 45.3. The molecule has 0 spiro atoms. The maximum absolute atomic E-state index is 17.5. The number of para-hydroxylation sites is 4. The van der Waals surface area contributed by atoms with E-state index in [0.29, 0.717) is 78.2 Å². The molecule has 140 heavy (non-hydrogen) atoms. The monoisotopic (exact) mass is 1830 g/mol. The number of hydrogen-bond acceptors (Lipinski definition) is 4. The molecule has 24 aromatic rings. The summed E-state index contributed by atoms with van der Waals surface area (Å²) >= 11 is 0. The van der Waals surface area contributed by atoms with Gasteiger partial charge >= 0.3 is 0 Å². The number of benzene rings is 24. The van der Waals surface area contributed by atoms with Crippen molar-refractivity contribution in [3.63, 3.8) is 0 Å². The summed E-state index contributed by atoms with van der Waals surface area (Å²) in [6.07, 6.45) is 0. The minimum absolute atomic E-state index is 0.0324. The van der Waals surface area contributed by atoms with Gasteiger partial charge in [-0.3, -0.25) is 0 Å². The molecular weight excluding hydrogens is 1750 g/mol. The molecule has 12 heteroatoms. The van der Waals surface area contributed by atoms with Crippen molar-refractivity contribution in [2.45, 2.75) is 0 Å². The molecule has 24 rings (SSSR count). The average Bonchev–Trinajstić information content (AvgIpc) is 0.717. The smallest absolute Gasteiger partial charge is 0.148 e. The van der Waals surface area contributed by atoms with E-state index in [1.807, 2.05) is 291 Å². The molecule has 0 aromatic heterocycles. The normalized spacial score (nSPS) is 12.4. The lowest BCUT2D eigenvalue weighted by atomic mass is 9.91. The molecule has 0 saturated heterocycles. The van der Waals surface area contributed by atoms with Gasteiger partial charge in [0.2, 0.25) is 0 Å². The zero-order chi connectivity index (χ0) is 103. The second-order valence-electron chi connectivity index (χ2n) is 34.1. The molecule has 0 N–H and O–H groups in total. The van der Waals surface area contributed by atoms with E-state index in [1.165, 1.54) is 34.1 Å². The highest BCUT2D eigenvalue weighted by Crippen LogP contribution is 2.54. The molecule has 0 unspecified atom stereocenters. The van der Waals surface area contributed by atoms with Crippen molar-refractivity contribution < 1.29 is 48.8 Å². The van der Waals surface area contributed by atoms with Crippen LogP contribution in [0, 0.1) is 46.5 Å². The third-order valence-corrected chi connectivity index (χ3v) is 25.8. The Balaban J connectivity index is 0.000000167. The van der Waals surface area contributed by atoms with E-state index in [2.05, 4.69) is 12.1 Å². The Kier molecular flexibility index (Phi) is 19.7. The molecule has 0 heterocycles. The van der Waals surface area contributed by atoms with Crippen molar-refractivity contribution >= 4 is 133 Å². The molecule has 0 amide bonds. The molecule has 0 aliphatic carbocycles. The van der Waals surface area contributed by atoms with Crippen molar-refractivity contribution in [3.8, 4) is 89.0 Å². The molecule has 668 valence electrons. The van der Waals surface area contributed by atoms with Crippen LogP contribution in [0.5, 0.6) is 0 Å². The Morgan fingerprint density at radius 3 is 0.564 bits per heavy atom. The third kappa shape index (κ3) is 16.0. The minimum Gasteiger partial charge on any atom is -0.307 e. The van der Waals surface area contributed by atoms with Crippen LogP contribution >= 0.6 is 0 Å². The maximum Gasteiger partial charge on any atom is 0.148 e. The predicted molar refractivity (Wildman–Crippen MR) is 562 cm³/mol. The number of hydrogen-bond donors (Lipinski definition) is 0. The first-order valence-electron chi connectivity index (χ1n) is 50.3. The van der Waals surface area contributed by atoms with Crippen LogP contribution in [0.1, 0.15) is 13.7 Å². The second-order valence-corrected chi connectivity index (χ2v) is 34.1. The van der Waals surface area contributed by atoms with Crippen LogP contribution in [0.4, 0.5) is 103 Å². The van der Waals surface area contributed by atoms with Gasteiger partial charge in [-0.1, -0.05) is 327 Å². The molecule has 4 nitrogen and oxygen atoms in total. The zero-order valence-electron chi connectivity index (χ0n) is 84.2. The average molecular weight is 1840 g/mol. The lowest BCUT2D eigenvalue weighted by molar-refractivity contribution is 0.604. The topological polar surface area (TPSA) is 13.0 Å². The van der Waals surface area contributed by atoms with Gasteiger partial charge in [0.1, 0.15) is 46.5 Å². The molecule has 0 radical (unpaired) electrons. The summed E-state index contributed by atoms with van der Waals surface area (Å²) in [5, 5.41) is 9.28. The Bertz CT molecular complexity index is 8730. The number of halogens is 8. The molecule has 0 saturated carbocycles. The number of rotatable bonds is 20. The number of nitrogens with zero attached hydrogens (tertiary/aromatic N) is 4. The van der Waals surface area contributed by atoms with Gasteiger partial charge in [-0.05, 0) is 243 Å². The quantitative estimate of drug-likeness (QED) is 0.0557. The Morgan fingerprint density at radius 1 is 0.150 bits per heavy atom. The van der Waals surface area contributed by atoms with E-state index in [9.17, 15) is 0 Å². The second kappa shape index (κ2) is 36.7. The van der Waals surface area contributed by atoms with Gasteiger partial charge in [-0.15, -0.1) is 0 Å². The standard InChI is InChI=1S/C76H48F4N2.C52H32F4N2/c77-67-47-73(69(79)45-65(67)59-41-55(49-19-7-1-8-20-49)39-56(42-59)50-21-9-2-10-22-50)81(61-27-15-5-16-28-61)71-37-33-53-32-36-64-72(38-34-54-31-35-63(71)75(53)76(54)64)82(62-29-17-6-18-30-62)74-48-68(78)66(46-70(74)80)60-43-57(51-23-11-3-12-24-51)40-58(44-60)52-25-13-4-14-26-52;53-43-31-49(45(55)29-41(43)33-13-5-1-6-14-33)57(37-17-9-3-10-18-37)47-27-23-35-22-26-40-48(28-24-36-21-25-39(47)51(35)52(36)40)58(38-19-11-4-12-20-38)50-32-44(54)42(30-46(50)56)34-15-7-2-8-16-34/h1-48H;1-32H/i;1D,2D,5D,6D,7D,8D,13D,14D,15D,16D. The van der Waals surface area contributed by atoms with E-state index >= 15 is 35.1 Å². The Hall–Kier alpha value is -18.0. The predicted octanol–water partition coefficient (Wildman–Crippen LogP) is 37.5. The largest absolute Gasteiger partial charge is 0.307 e. The summed E-state index contributed by atoms with van der Waals surface area (Å²) in [6.45, 7) is 0. The fourth-order valence-corrected chi connectivity index (χ4v) is 19.4. The molecule has 24 aromatic carbocycles. The van der Waals surface area contributed by atoms with Crippen molar-refractivity contribution in [1.82, 2.24) is 0 Å². The van der Waals surface area contributed by atoms with Gasteiger partial charge in [-0.25, -0.2) is 35.1 Å². The molecule has 0 atom stereocenters. The first-order chi connectivity index (χ1) is 72.9. The van der Waals surface area contributed by atoms with E-state index in [-0.39, 0.29) is 33.9 Å². The summed E-state index contributed by atoms with van der Waals surface area (Å²) in [6, 6.07) is 120. The van der Waals surface area contributed by atoms with Crippen LogP contribution in [-0.2, 0) is 0 Å². The van der Waals surface area contributed by atoms with Gasteiger partial charge in [0, 0.05) is 90.8 Å². The van der Waals surface area contributed by atoms with E-state index in [0.717, 1.165) is 112 Å². The highest BCUT2D eigenvalue weighted by Gasteiger charge is 2.31. The molecule has 0 fully saturated rings. The summed E-state index contributed by atoms with van der Waals surface area (Å²) in [5.41, 5.74) is 10.5. The lowest BCUT2D eigenvalue weighted by Crippen LogP contribution is -2.14.